The molecular formula is C20H29ClN2O2. The van der Waals surface area contributed by atoms with Crippen molar-refractivity contribution in [3.8, 4) is 0 Å². The Bertz CT molecular complexity index is 570. The van der Waals surface area contributed by atoms with E-state index in [0.717, 1.165) is 12.8 Å². The topological polar surface area (TPSA) is 41.6 Å². The lowest BCUT2D eigenvalue weighted by Crippen LogP contribution is -2.48. The minimum Gasteiger partial charge on any atom is -0.374 e. The lowest BCUT2D eigenvalue weighted by molar-refractivity contribution is -0.146. The molecule has 1 amide bonds. The summed E-state index contributed by atoms with van der Waals surface area (Å²) in [5.41, 5.74) is 1.18. The normalized spacial score (nSPS) is 34.4. The zero-order valence-corrected chi connectivity index (χ0v) is 15.7. The van der Waals surface area contributed by atoms with E-state index in [0.29, 0.717) is 43.5 Å². The SMILES string of the molecule is CC1CN(C(=O)CC2CC3CCC(C2)N3)C(c2ccccc2)CO1.Cl. The first-order chi connectivity index (χ1) is 11.7. The fourth-order valence-electron chi connectivity index (χ4n) is 4.74. The second-order valence-corrected chi connectivity index (χ2v) is 7.80. The van der Waals surface area contributed by atoms with Crippen molar-refractivity contribution in [1.82, 2.24) is 10.2 Å². The van der Waals surface area contributed by atoms with Gasteiger partial charge in [0.25, 0.3) is 0 Å². The van der Waals surface area contributed by atoms with E-state index in [2.05, 4.69) is 29.3 Å². The molecule has 138 valence electrons. The van der Waals surface area contributed by atoms with Crippen molar-refractivity contribution in [2.45, 2.75) is 63.3 Å². The highest BCUT2D eigenvalue weighted by Crippen LogP contribution is 2.34. The molecule has 3 fully saturated rings. The highest BCUT2D eigenvalue weighted by atomic mass is 35.5. The van der Waals surface area contributed by atoms with Gasteiger partial charge in [0.05, 0.1) is 18.8 Å². The molecule has 5 heteroatoms. The highest BCUT2D eigenvalue weighted by molar-refractivity contribution is 5.85. The predicted molar refractivity (Wildman–Crippen MR) is 101 cm³/mol. The van der Waals surface area contributed by atoms with Crippen molar-refractivity contribution in [3.63, 3.8) is 0 Å². The molecule has 25 heavy (non-hydrogen) atoms. The molecule has 4 rings (SSSR count). The molecule has 4 atom stereocenters. The average molecular weight is 365 g/mol. The van der Waals surface area contributed by atoms with E-state index < -0.39 is 0 Å². The van der Waals surface area contributed by atoms with Crippen molar-refractivity contribution in [2.75, 3.05) is 13.2 Å². The number of ether oxygens (including phenoxy) is 1. The summed E-state index contributed by atoms with van der Waals surface area (Å²) in [4.78, 5) is 15.2. The molecule has 3 aliphatic rings. The summed E-state index contributed by atoms with van der Waals surface area (Å²) in [6.07, 6.45) is 5.73. The van der Waals surface area contributed by atoms with E-state index >= 15 is 0 Å². The molecule has 1 aromatic carbocycles. The van der Waals surface area contributed by atoms with Gasteiger partial charge in [-0.1, -0.05) is 30.3 Å². The summed E-state index contributed by atoms with van der Waals surface area (Å²) >= 11 is 0. The largest absolute Gasteiger partial charge is 0.374 e. The third-order valence-electron chi connectivity index (χ3n) is 5.91. The molecule has 0 radical (unpaired) electrons. The molecule has 0 saturated carbocycles. The molecular weight excluding hydrogens is 336 g/mol. The Hall–Kier alpha value is -1.10. The highest BCUT2D eigenvalue weighted by Gasteiger charge is 2.37. The molecule has 4 unspecified atom stereocenters. The summed E-state index contributed by atoms with van der Waals surface area (Å²) in [5.74, 6) is 0.858. The zero-order chi connectivity index (χ0) is 16.5. The van der Waals surface area contributed by atoms with Gasteiger partial charge >= 0.3 is 0 Å². The Kier molecular flexibility index (Phi) is 6.03. The fraction of sp³-hybridized carbons (Fsp3) is 0.650. The van der Waals surface area contributed by atoms with Crippen LogP contribution >= 0.6 is 12.4 Å². The van der Waals surface area contributed by atoms with E-state index in [1.54, 1.807) is 0 Å². The molecule has 3 heterocycles. The Morgan fingerprint density at radius 1 is 1.20 bits per heavy atom. The number of amides is 1. The van der Waals surface area contributed by atoms with Crippen LogP contribution in [-0.4, -0.2) is 42.1 Å². The van der Waals surface area contributed by atoms with Gasteiger partial charge in [-0.2, -0.15) is 0 Å². The number of rotatable bonds is 3. The number of nitrogens with one attached hydrogen (secondary N) is 1. The number of nitrogens with zero attached hydrogens (tertiary/aromatic N) is 1. The molecule has 2 bridgehead atoms. The van der Waals surface area contributed by atoms with Crippen LogP contribution in [0.25, 0.3) is 0 Å². The van der Waals surface area contributed by atoms with Crippen LogP contribution in [-0.2, 0) is 9.53 Å². The first kappa shape index (κ1) is 18.7. The summed E-state index contributed by atoms with van der Waals surface area (Å²) in [5, 5.41) is 3.67. The monoisotopic (exact) mass is 364 g/mol. The number of piperidine rings is 1. The van der Waals surface area contributed by atoms with Crippen molar-refractivity contribution in [2.24, 2.45) is 5.92 Å². The lowest BCUT2D eigenvalue weighted by atomic mass is 9.89. The van der Waals surface area contributed by atoms with Crippen molar-refractivity contribution in [1.29, 1.82) is 0 Å². The number of carbonyl (C=O) groups excluding carboxylic acids is 1. The first-order valence-electron chi connectivity index (χ1n) is 9.41. The van der Waals surface area contributed by atoms with E-state index in [1.807, 2.05) is 18.2 Å². The molecule has 0 aliphatic carbocycles. The second-order valence-electron chi connectivity index (χ2n) is 7.80. The number of carbonyl (C=O) groups is 1. The fourth-order valence-corrected chi connectivity index (χ4v) is 4.74. The van der Waals surface area contributed by atoms with Crippen molar-refractivity contribution >= 4 is 18.3 Å². The van der Waals surface area contributed by atoms with Gasteiger partial charge in [0.15, 0.2) is 0 Å². The van der Waals surface area contributed by atoms with Crippen LogP contribution in [0.15, 0.2) is 30.3 Å². The minimum atomic E-state index is 0. The van der Waals surface area contributed by atoms with Gasteiger partial charge < -0.3 is 15.0 Å². The Labute approximate surface area is 156 Å². The Morgan fingerprint density at radius 3 is 2.56 bits per heavy atom. The van der Waals surface area contributed by atoms with Crippen LogP contribution in [0.4, 0.5) is 0 Å². The van der Waals surface area contributed by atoms with Crippen LogP contribution < -0.4 is 5.32 Å². The Morgan fingerprint density at radius 2 is 1.88 bits per heavy atom. The number of hydrogen-bond acceptors (Lipinski definition) is 3. The van der Waals surface area contributed by atoms with E-state index in [-0.39, 0.29) is 24.6 Å². The maximum absolute atomic E-state index is 13.1. The molecule has 0 aromatic heterocycles. The van der Waals surface area contributed by atoms with Gasteiger partial charge in [0, 0.05) is 25.0 Å². The molecule has 1 aromatic rings. The molecule has 3 saturated heterocycles. The third-order valence-corrected chi connectivity index (χ3v) is 5.91. The van der Waals surface area contributed by atoms with Crippen LogP contribution in [0.5, 0.6) is 0 Å². The number of hydrogen-bond donors (Lipinski definition) is 1. The van der Waals surface area contributed by atoms with Crippen LogP contribution in [0, 0.1) is 5.92 Å². The van der Waals surface area contributed by atoms with Gasteiger partial charge in [-0.3, -0.25) is 4.79 Å². The van der Waals surface area contributed by atoms with Crippen LogP contribution in [0.2, 0.25) is 0 Å². The van der Waals surface area contributed by atoms with E-state index in [4.69, 9.17) is 4.74 Å². The predicted octanol–water partition coefficient (Wildman–Crippen LogP) is 3.32. The molecule has 4 nitrogen and oxygen atoms in total. The van der Waals surface area contributed by atoms with E-state index in [9.17, 15) is 4.79 Å². The quantitative estimate of drug-likeness (QED) is 0.894. The smallest absolute Gasteiger partial charge is 0.223 e. The second kappa shape index (κ2) is 8.07. The third kappa shape index (κ3) is 4.18. The summed E-state index contributed by atoms with van der Waals surface area (Å²) in [6, 6.07) is 11.7. The van der Waals surface area contributed by atoms with Crippen molar-refractivity contribution < 1.29 is 9.53 Å². The van der Waals surface area contributed by atoms with Crippen LogP contribution in [0.1, 0.15) is 50.6 Å². The van der Waals surface area contributed by atoms with Gasteiger partial charge in [-0.05, 0) is 44.1 Å². The minimum absolute atomic E-state index is 0. The number of fused-ring (bicyclic) bond motifs is 2. The maximum atomic E-state index is 13.1. The maximum Gasteiger partial charge on any atom is 0.223 e. The van der Waals surface area contributed by atoms with Gasteiger partial charge in [0.1, 0.15) is 0 Å². The molecule has 3 aliphatic heterocycles. The first-order valence-corrected chi connectivity index (χ1v) is 9.41. The average Bonchev–Trinajstić information content (AvgIpc) is 2.94. The summed E-state index contributed by atoms with van der Waals surface area (Å²) in [7, 11) is 0. The number of benzene rings is 1. The summed E-state index contributed by atoms with van der Waals surface area (Å²) < 4.78 is 5.86. The molecule has 1 N–H and O–H groups in total. The lowest BCUT2D eigenvalue weighted by Gasteiger charge is -2.40. The van der Waals surface area contributed by atoms with Gasteiger partial charge in [0.2, 0.25) is 5.91 Å². The van der Waals surface area contributed by atoms with Crippen LogP contribution in [0.3, 0.4) is 0 Å². The van der Waals surface area contributed by atoms with Gasteiger partial charge in [-0.15, -0.1) is 12.4 Å². The number of halogens is 1. The summed E-state index contributed by atoms with van der Waals surface area (Å²) in [6.45, 7) is 3.37. The Balaban J connectivity index is 0.00000182. The molecule has 0 spiro atoms. The van der Waals surface area contributed by atoms with Gasteiger partial charge in [-0.25, -0.2) is 0 Å². The standard InChI is InChI=1S/C20H28N2O2.ClH/c1-14-12-22(19(13-24-14)16-5-3-2-4-6-16)20(23)11-15-9-17-7-8-18(10-15)21-17;/h2-6,14-15,17-19,21H,7-13H2,1H3;1H. The van der Waals surface area contributed by atoms with E-state index in [1.165, 1.54) is 18.4 Å². The number of morpholine rings is 1. The zero-order valence-electron chi connectivity index (χ0n) is 14.9. The van der Waals surface area contributed by atoms with Crippen molar-refractivity contribution in [3.05, 3.63) is 35.9 Å².